The monoisotopic (exact) mass is 403 g/mol. The fourth-order valence-corrected chi connectivity index (χ4v) is 4.81. The van der Waals surface area contributed by atoms with Crippen molar-refractivity contribution >= 4 is 37.8 Å². The molecule has 0 fully saturated rings. The molecule has 1 atom stereocenters. The SMILES string of the molecule is CCCCc1nc2c(N)nc3ccccc3c2n1C(C)C(C)(C)NS(C)(=O)=O. The Morgan fingerprint density at radius 2 is 1.93 bits per heavy atom. The number of nitrogens with two attached hydrogens (primary N) is 1. The maximum absolute atomic E-state index is 11.9. The molecule has 2 aromatic heterocycles. The summed E-state index contributed by atoms with van der Waals surface area (Å²) in [7, 11) is -3.37. The number of pyridine rings is 1. The number of imidazole rings is 1. The predicted octanol–water partition coefficient (Wildman–Crippen LogP) is 3.40. The topological polar surface area (TPSA) is 103 Å². The first-order valence-electron chi connectivity index (χ1n) is 9.59. The first kappa shape index (κ1) is 20.5. The molecule has 0 saturated heterocycles. The Labute approximate surface area is 166 Å². The van der Waals surface area contributed by atoms with Gasteiger partial charge in [0.15, 0.2) is 5.82 Å². The van der Waals surface area contributed by atoms with Crippen molar-refractivity contribution in [3.05, 3.63) is 30.1 Å². The first-order valence-corrected chi connectivity index (χ1v) is 11.5. The lowest BCUT2D eigenvalue weighted by Crippen LogP contribution is -2.48. The van der Waals surface area contributed by atoms with Crippen molar-refractivity contribution in [1.29, 1.82) is 0 Å². The highest BCUT2D eigenvalue weighted by atomic mass is 32.2. The summed E-state index contributed by atoms with van der Waals surface area (Å²) < 4.78 is 28.8. The molecular weight excluding hydrogens is 374 g/mol. The Morgan fingerprint density at radius 1 is 1.25 bits per heavy atom. The number of nitrogens with one attached hydrogen (secondary N) is 1. The quantitative estimate of drug-likeness (QED) is 0.629. The molecule has 152 valence electrons. The second kappa shape index (κ2) is 7.33. The zero-order valence-corrected chi connectivity index (χ0v) is 18.0. The molecule has 0 saturated carbocycles. The Kier molecular flexibility index (Phi) is 5.38. The lowest BCUT2D eigenvalue weighted by Gasteiger charge is -2.34. The van der Waals surface area contributed by atoms with E-state index in [1.807, 2.05) is 45.0 Å². The van der Waals surface area contributed by atoms with Gasteiger partial charge in [-0.2, -0.15) is 0 Å². The van der Waals surface area contributed by atoms with Gasteiger partial charge < -0.3 is 10.3 Å². The summed E-state index contributed by atoms with van der Waals surface area (Å²) in [6, 6.07) is 7.64. The number of aryl methyl sites for hydroxylation is 1. The summed E-state index contributed by atoms with van der Waals surface area (Å²) in [5, 5.41) is 0.962. The van der Waals surface area contributed by atoms with E-state index in [0.29, 0.717) is 11.3 Å². The van der Waals surface area contributed by atoms with Crippen LogP contribution in [0.2, 0.25) is 0 Å². The molecule has 0 aliphatic rings. The van der Waals surface area contributed by atoms with Gasteiger partial charge in [-0.1, -0.05) is 31.5 Å². The van der Waals surface area contributed by atoms with Crippen LogP contribution in [-0.2, 0) is 16.4 Å². The Hall–Kier alpha value is -2.19. The van der Waals surface area contributed by atoms with E-state index in [1.165, 1.54) is 6.26 Å². The summed E-state index contributed by atoms with van der Waals surface area (Å²) in [6.07, 6.45) is 4.00. The van der Waals surface area contributed by atoms with Gasteiger partial charge >= 0.3 is 0 Å². The predicted molar refractivity (Wildman–Crippen MR) is 115 cm³/mol. The summed E-state index contributed by atoms with van der Waals surface area (Å²) in [5.74, 6) is 1.30. The minimum absolute atomic E-state index is 0.190. The van der Waals surface area contributed by atoms with E-state index in [0.717, 1.165) is 41.5 Å². The van der Waals surface area contributed by atoms with E-state index in [2.05, 4.69) is 21.2 Å². The molecule has 28 heavy (non-hydrogen) atoms. The maximum atomic E-state index is 11.9. The van der Waals surface area contributed by atoms with Crippen molar-refractivity contribution in [3.8, 4) is 0 Å². The Bertz CT molecular complexity index is 1120. The van der Waals surface area contributed by atoms with Gasteiger partial charge in [0.2, 0.25) is 10.0 Å². The van der Waals surface area contributed by atoms with Crippen LogP contribution in [0.25, 0.3) is 21.9 Å². The minimum Gasteiger partial charge on any atom is -0.382 e. The van der Waals surface area contributed by atoms with Crippen molar-refractivity contribution in [2.24, 2.45) is 0 Å². The third-order valence-electron chi connectivity index (χ3n) is 5.26. The lowest BCUT2D eigenvalue weighted by atomic mass is 9.96. The van der Waals surface area contributed by atoms with Crippen molar-refractivity contribution in [2.45, 2.75) is 58.5 Å². The molecule has 8 heteroatoms. The van der Waals surface area contributed by atoms with E-state index in [9.17, 15) is 8.42 Å². The minimum atomic E-state index is -3.37. The first-order chi connectivity index (χ1) is 13.0. The Morgan fingerprint density at radius 3 is 2.57 bits per heavy atom. The molecule has 0 aliphatic carbocycles. The normalized spacial score (nSPS) is 14.0. The molecule has 0 bridgehead atoms. The van der Waals surface area contributed by atoms with Crippen LogP contribution in [-0.4, -0.2) is 34.7 Å². The van der Waals surface area contributed by atoms with Gasteiger partial charge in [-0.3, -0.25) is 0 Å². The van der Waals surface area contributed by atoms with Crippen LogP contribution in [0.15, 0.2) is 24.3 Å². The second-order valence-corrected chi connectivity index (χ2v) is 9.73. The number of hydrogen-bond acceptors (Lipinski definition) is 5. The number of para-hydroxylation sites is 1. The molecule has 0 amide bonds. The highest BCUT2D eigenvalue weighted by Crippen LogP contribution is 2.35. The number of nitrogens with zero attached hydrogens (tertiary/aromatic N) is 3. The molecule has 0 aliphatic heterocycles. The molecule has 3 aromatic rings. The highest BCUT2D eigenvalue weighted by molar-refractivity contribution is 7.88. The van der Waals surface area contributed by atoms with Crippen molar-refractivity contribution in [3.63, 3.8) is 0 Å². The molecule has 7 nitrogen and oxygen atoms in total. The van der Waals surface area contributed by atoms with Crippen LogP contribution in [0, 0.1) is 0 Å². The zero-order valence-electron chi connectivity index (χ0n) is 17.2. The highest BCUT2D eigenvalue weighted by Gasteiger charge is 2.33. The number of sulfonamides is 1. The van der Waals surface area contributed by atoms with Gasteiger partial charge in [-0.25, -0.2) is 23.1 Å². The third kappa shape index (κ3) is 3.84. The number of aromatic nitrogens is 3. The van der Waals surface area contributed by atoms with Gasteiger partial charge in [0.05, 0.1) is 23.3 Å². The summed E-state index contributed by atoms with van der Waals surface area (Å²) in [5.41, 5.74) is 7.91. The van der Waals surface area contributed by atoms with Gasteiger partial charge in [0.25, 0.3) is 0 Å². The number of unbranched alkanes of at least 4 members (excludes halogenated alkanes) is 1. The van der Waals surface area contributed by atoms with Crippen LogP contribution >= 0.6 is 0 Å². The molecule has 0 radical (unpaired) electrons. The summed E-state index contributed by atoms with van der Waals surface area (Å²) in [6.45, 7) is 7.93. The van der Waals surface area contributed by atoms with Crippen LogP contribution in [0.4, 0.5) is 5.82 Å². The van der Waals surface area contributed by atoms with E-state index in [1.54, 1.807) is 0 Å². The fraction of sp³-hybridized carbons (Fsp3) is 0.500. The van der Waals surface area contributed by atoms with Crippen LogP contribution in [0.1, 0.15) is 52.4 Å². The van der Waals surface area contributed by atoms with E-state index in [4.69, 9.17) is 10.7 Å². The third-order valence-corrected chi connectivity index (χ3v) is 6.16. The number of benzene rings is 1. The van der Waals surface area contributed by atoms with Crippen molar-refractivity contribution < 1.29 is 8.42 Å². The van der Waals surface area contributed by atoms with Gasteiger partial charge in [0, 0.05) is 17.3 Å². The molecule has 1 aromatic carbocycles. The standard InChI is InChI=1S/C20H29N5O2S/c1-6-7-12-16-23-17-18(14-10-8-9-11-15(14)22-19(17)21)25(16)13(2)20(3,4)24-28(5,26)27/h8-11,13,24H,6-7,12H2,1-5H3,(H2,21,22). The number of anilines is 1. The molecular formula is C20H29N5O2S. The van der Waals surface area contributed by atoms with Crippen molar-refractivity contribution in [2.75, 3.05) is 12.0 Å². The Balaban J connectivity index is 2.31. The van der Waals surface area contributed by atoms with Gasteiger partial charge in [-0.05, 0) is 33.3 Å². The van der Waals surface area contributed by atoms with Crippen molar-refractivity contribution in [1.82, 2.24) is 19.3 Å². The van der Waals surface area contributed by atoms with Gasteiger partial charge in [-0.15, -0.1) is 0 Å². The van der Waals surface area contributed by atoms with Gasteiger partial charge in [0.1, 0.15) is 11.3 Å². The van der Waals surface area contributed by atoms with E-state index >= 15 is 0 Å². The number of hydrogen-bond donors (Lipinski definition) is 2. The van der Waals surface area contributed by atoms with E-state index in [-0.39, 0.29) is 6.04 Å². The van der Waals surface area contributed by atoms with Crippen LogP contribution < -0.4 is 10.5 Å². The van der Waals surface area contributed by atoms with E-state index < -0.39 is 15.6 Å². The fourth-order valence-electron chi connectivity index (χ4n) is 3.68. The molecule has 0 spiro atoms. The maximum Gasteiger partial charge on any atom is 0.209 e. The average molecular weight is 404 g/mol. The largest absolute Gasteiger partial charge is 0.382 e. The second-order valence-electron chi connectivity index (χ2n) is 7.98. The molecule has 1 unspecified atom stereocenters. The summed E-state index contributed by atoms with van der Waals surface area (Å²) in [4.78, 5) is 9.34. The molecule has 2 heterocycles. The number of fused-ring (bicyclic) bond motifs is 3. The zero-order chi connectivity index (χ0) is 20.7. The average Bonchev–Trinajstić information content (AvgIpc) is 2.97. The molecule has 3 N–H and O–H groups in total. The van der Waals surface area contributed by atoms with Crippen LogP contribution in [0.5, 0.6) is 0 Å². The lowest BCUT2D eigenvalue weighted by molar-refractivity contribution is 0.311. The number of nitrogen functional groups attached to an aromatic ring is 1. The number of rotatable bonds is 7. The smallest absolute Gasteiger partial charge is 0.209 e. The molecule has 3 rings (SSSR count). The van der Waals surface area contributed by atoms with Crippen LogP contribution in [0.3, 0.4) is 0 Å². The summed E-state index contributed by atoms with van der Waals surface area (Å²) >= 11 is 0.